The number of benzene rings is 3. The molecule has 0 atom stereocenters. The molecule has 1 N–H and O–H groups in total. The fraction of sp³-hybridized carbons (Fsp3) is 0.172. The minimum absolute atomic E-state index is 0.0896. The van der Waals surface area contributed by atoms with E-state index in [2.05, 4.69) is 0 Å². The quantitative estimate of drug-likeness (QED) is 0.167. The molecular formula is C29H26Cl2FN2O3+. The van der Waals surface area contributed by atoms with Crippen LogP contribution in [0.25, 0.3) is 34.5 Å². The number of aryl methyl sites for hydroxylation is 1. The molecule has 4 aromatic rings. The molecule has 37 heavy (non-hydrogen) atoms. The van der Waals surface area contributed by atoms with E-state index in [1.54, 1.807) is 30.5 Å². The summed E-state index contributed by atoms with van der Waals surface area (Å²) in [5.41, 5.74) is 3.91. The van der Waals surface area contributed by atoms with Gasteiger partial charge in [-0.25, -0.2) is 4.57 Å². The third-order valence-corrected chi connectivity index (χ3v) is 6.41. The van der Waals surface area contributed by atoms with Gasteiger partial charge >= 0.3 is 11.8 Å². The van der Waals surface area contributed by atoms with Crippen molar-refractivity contribution in [2.75, 3.05) is 6.61 Å². The Kier molecular flexibility index (Phi) is 8.64. The van der Waals surface area contributed by atoms with E-state index in [1.807, 2.05) is 66.1 Å². The van der Waals surface area contributed by atoms with Gasteiger partial charge in [-0.1, -0.05) is 59.6 Å². The Morgan fingerprint density at radius 3 is 2.32 bits per heavy atom. The highest BCUT2D eigenvalue weighted by atomic mass is 35.5. The third kappa shape index (κ3) is 6.59. The van der Waals surface area contributed by atoms with Crippen molar-refractivity contribution in [1.29, 1.82) is 0 Å². The van der Waals surface area contributed by atoms with E-state index >= 15 is 4.48 Å². The van der Waals surface area contributed by atoms with Crippen LogP contribution in [0.3, 0.4) is 0 Å². The van der Waals surface area contributed by atoms with Crippen molar-refractivity contribution >= 4 is 41.3 Å². The monoisotopic (exact) mass is 539 g/mol. The van der Waals surface area contributed by atoms with Crippen LogP contribution in [0, 0.1) is 0 Å². The Morgan fingerprint density at radius 1 is 1.03 bits per heavy atom. The summed E-state index contributed by atoms with van der Waals surface area (Å²) in [7, 11) is 0. The molecule has 1 aromatic heterocycles. The fourth-order valence-electron chi connectivity index (χ4n) is 3.90. The number of hydrogen-bond donors (Lipinski definition) is 1. The van der Waals surface area contributed by atoms with E-state index in [1.165, 1.54) is 0 Å². The van der Waals surface area contributed by atoms with E-state index in [9.17, 15) is 4.79 Å². The van der Waals surface area contributed by atoms with Crippen molar-refractivity contribution in [2.24, 2.45) is 0 Å². The standard InChI is InChI=1S/C29H25Cl2FN2O3/c1-2-33-19-27(25-15-12-23(30)18-26(25)31)34(32)28(33)16-7-20-5-8-21(9-6-20)22-10-13-24(14-11-22)37-17-3-4-29(35)36/h5-16,18-19H,2-4,17H2,1H3/p+1/b16-7+. The van der Waals surface area contributed by atoms with Gasteiger partial charge in [0.15, 0.2) is 0 Å². The number of halogens is 3. The van der Waals surface area contributed by atoms with Gasteiger partial charge in [-0.2, -0.15) is 0 Å². The normalized spacial score (nSPS) is 11.2. The number of aliphatic carboxylic acids is 1. The first kappa shape index (κ1) is 26.5. The van der Waals surface area contributed by atoms with E-state index in [-0.39, 0.29) is 6.42 Å². The minimum atomic E-state index is -0.826. The number of carboxylic acids is 1. The molecule has 0 saturated heterocycles. The van der Waals surface area contributed by atoms with Crippen LogP contribution in [0.5, 0.6) is 5.75 Å². The average molecular weight is 540 g/mol. The third-order valence-electron chi connectivity index (χ3n) is 5.86. The van der Waals surface area contributed by atoms with E-state index in [0.29, 0.717) is 57.2 Å². The molecule has 0 unspecified atom stereocenters. The molecule has 5 nitrogen and oxygen atoms in total. The average Bonchev–Trinajstić information content (AvgIpc) is 3.21. The van der Waals surface area contributed by atoms with Gasteiger partial charge in [-0.05, 0) is 71.2 Å². The Bertz CT molecular complexity index is 1410. The van der Waals surface area contributed by atoms with Crippen molar-refractivity contribution in [3.8, 4) is 28.1 Å². The molecule has 0 bridgehead atoms. The van der Waals surface area contributed by atoms with E-state index in [0.717, 1.165) is 16.7 Å². The van der Waals surface area contributed by atoms with E-state index in [4.69, 9.17) is 33.0 Å². The second-order valence-corrected chi connectivity index (χ2v) is 9.23. The van der Waals surface area contributed by atoms with Crippen LogP contribution in [0.2, 0.25) is 10.0 Å². The lowest BCUT2D eigenvalue weighted by Crippen LogP contribution is -2.33. The molecule has 1 heterocycles. The number of imidazole rings is 1. The summed E-state index contributed by atoms with van der Waals surface area (Å²) in [5, 5.41) is 9.57. The molecule has 0 amide bonds. The Morgan fingerprint density at radius 2 is 1.70 bits per heavy atom. The number of aromatic nitrogens is 2. The molecule has 0 saturated carbocycles. The van der Waals surface area contributed by atoms with Crippen LogP contribution in [-0.4, -0.2) is 22.5 Å². The second-order valence-electron chi connectivity index (χ2n) is 8.39. The number of ether oxygens (including phenoxy) is 1. The summed E-state index contributed by atoms with van der Waals surface area (Å²) >= 11 is 12.3. The largest absolute Gasteiger partial charge is 0.494 e. The highest BCUT2D eigenvalue weighted by Crippen LogP contribution is 2.31. The van der Waals surface area contributed by atoms with Gasteiger partial charge in [-0.15, -0.1) is 0 Å². The van der Waals surface area contributed by atoms with Crippen LogP contribution in [-0.2, 0) is 11.3 Å². The maximum Gasteiger partial charge on any atom is 0.318 e. The predicted octanol–water partition coefficient (Wildman–Crippen LogP) is 7.58. The van der Waals surface area contributed by atoms with Crippen LogP contribution in [0.15, 0.2) is 72.9 Å². The molecule has 0 spiro atoms. The van der Waals surface area contributed by atoms with Crippen molar-refractivity contribution in [3.63, 3.8) is 0 Å². The van der Waals surface area contributed by atoms with Crippen LogP contribution in [0.1, 0.15) is 31.2 Å². The second kappa shape index (κ2) is 12.1. The van der Waals surface area contributed by atoms with Crippen molar-refractivity contribution in [2.45, 2.75) is 26.3 Å². The molecule has 0 aliphatic carbocycles. The van der Waals surface area contributed by atoms with Gasteiger partial charge in [0.2, 0.25) is 5.69 Å². The van der Waals surface area contributed by atoms with Gasteiger partial charge in [-0.3, -0.25) is 4.79 Å². The SMILES string of the molecule is CC[n+]1cc(-c2ccc(Cl)cc2Cl)n(F)c1/C=C/c1ccc(-c2ccc(OCCCC(=O)O)cc2)cc1. The summed E-state index contributed by atoms with van der Waals surface area (Å²) < 4.78 is 22.7. The minimum Gasteiger partial charge on any atom is -0.494 e. The molecule has 0 aliphatic rings. The van der Waals surface area contributed by atoms with Gasteiger partial charge < -0.3 is 9.84 Å². The molecule has 0 radical (unpaired) electrons. The van der Waals surface area contributed by atoms with Gasteiger partial charge in [0.25, 0.3) is 0 Å². The molecule has 190 valence electrons. The van der Waals surface area contributed by atoms with Crippen LogP contribution < -0.4 is 9.30 Å². The Hall–Kier alpha value is -3.61. The Balaban J connectivity index is 1.46. The smallest absolute Gasteiger partial charge is 0.318 e. The summed E-state index contributed by atoms with van der Waals surface area (Å²) in [5.74, 6) is 0.269. The van der Waals surface area contributed by atoms with Crippen LogP contribution in [0.4, 0.5) is 4.48 Å². The number of rotatable bonds is 10. The van der Waals surface area contributed by atoms with Gasteiger partial charge in [0.05, 0.1) is 18.2 Å². The number of carboxylic acid groups (broad SMARTS) is 1. The molecule has 4 rings (SSSR count). The maximum atomic E-state index is 15.3. The molecule has 0 fully saturated rings. The first-order chi connectivity index (χ1) is 17.9. The number of carbonyl (C=O) groups is 1. The van der Waals surface area contributed by atoms with Gasteiger partial charge in [0.1, 0.15) is 11.9 Å². The topological polar surface area (TPSA) is 55.3 Å². The van der Waals surface area contributed by atoms with Crippen molar-refractivity contribution < 1.29 is 23.7 Å². The highest BCUT2D eigenvalue weighted by molar-refractivity contribution is 6.36. The zero-order valence-corrected chi connectivity index (χ0v) is 21.7. The first-order valence-electron chi connectivity index (χ1n) is 11.9. The maximum absolute atomic E-state index is 15.3. The summed E-state index contributed by atoms with van der Waals surface area (Å²) in [6, 6.07) is 20.6. The zero-order valence-electron chi connectivity index (χ0n) is 20.2. The number of nitrogens with zero attached hydrogens (tertiary/aromatic N) is 2. The lowest BCUT2D eigenvalue weighted by Gasteiger charge is -2.07. The molecular weight excluding hydrogens is 514 g/mol. The van der Waals surface area contributed by atoms with Gasteiger partial charge in [0, 0.05) is 27.6 Å². The summed E-state index contributed by atoms with van der Waals surface area (Å²) in [4.78, 5) is 11.2. The summed E-state index contributed by atoms with van der Waals surface area (Å²) in [6.07, 6.45) is 5.89. The van der Waals surface area contributed by atoms with Crippen molar-refractivity contribution in [1.82, 2.24) is 4.79 Å². The zero-order chi connectivity index (χ0) is 26.4. The molecule has 8 heteroatoms. The fourth-order valence-corrected chi connectivity index (χ4v) is 4.41. The Labute approximate surface area is 224 Å². The van der Waals surface area contributed by atoms with E-state index < -0.39 is 5.97 Å². The summed E-state index contributed by atoms with van der Waals surface area (Å²) in [6.45, 7) is 2.90. The lowest BCUT2D eigenvalue weighted by atomic mass is 10.0. The highest BCUT2D eigenvalue weighted by Gasteiger charge is 2.24. The molecule has 0 aliphatic heterocycles. The molecule has 3 aromatic carbocycles. The first-order valence-corrected chi connectivity index (χ1v) is 12.6. The van der Waals surface area contributed by atoms with Crippen molar-refractivity contribution in [3.05, 3.63) is 94.4 Å². The predicted molar refractivity (Wildman–Crippen MR) is 145 cm³/mol. The number of hydrogen-bond acceptors (Lipinski definition) is 2. The van der Waals surface area contributed by atoms with Crippen LogP contribution >= 0.6 is 23.2 Å². The lowest BCUT2D eigenvalue weighted by molar-refractivity contribution is -0.695.